The average Bonchev–Trinajstić information content (AvgIpc) is 2.29. The standard InChI is InChI=1S/C13H24N2O2/c1-9-7-11(14)3-4-12(9)13(16)15-5-6-17-8-10(15)2/h9-12H,3-8,14H2,1-2H3. The summed E-state index contributed by atoms with van der Waals surface area (Å²) < 4.78 is 5.38. The third-order valence-electron chi connectivity index (χ3n) is 4.18. The van der Waals surface area contributed by atoms with Crippen molar-refractivity contribution in [3.8, 4) is 0 Å². The summed E-state index contributed by atoms with van der Waals surface area (Å²) in [7, 11) is 0. The van der Waals surface area contributed by atoms with Crippen LogP contribution in [0.5, 0.6) is 0 Å². The van der Waals surface area contributed by atoms with Crippen molar-refractivity contribution in [2.75, 3.05) is 19.8 Å². The van der Waals surface area contributed by atoms with E-state index in [9.17, 15) is 4.79 Å². The number of carbonyl (C=O) groups is 1. The zero-order valence-corrected chi connectivity index (χ0v) is 10.9. The fourth-order valence-electron chi connectivity index (χ4n) is 3.07. The molecule has 0 bridgehead atoms. The van der Waals surface area contributed by atoms with Gasteiger partial charge in [0.25, 0.3) is 0 Å². The van der Waals surface area contributed by atoms with Crippen LogP contribution in [0.1, 0.15) is 33.1 Å². The molecule has 2 fully saturated rings. The van der Waals surface area contributed by atoms with Gasteiger partial charge in [-0.25, -0.2) is 0 Å². The van der Waals surface area contributed by atoms with E-state index in [0.717, 1.165) is 25.8 Å². The molecule has 4 nitrogen and oxygen atoms in total. The molecule has 0 radical (unpaired) electrons. The maximum absolute atomic E-state index is 12.5. The first kappa shape index (κ1) is 12.8. The summed E-state index contributed by atoms with van der Waals surface area (Å²) in [5.74, 6) is 0.914. The maximum atomic E-state index is 12.5. The molecule has 1 saturated carbocycles. The number of carbonyl (C=O) groups excluding carboxylic acids is 1. The molecule has 2 rings (SSSR count). The molecule has 1 aliphatic heterocycles. The third kappa shape index (κ3) is 2.80. The van der Waals surface area contributed by atoms with E-state index in [1.54, 1.807) is 0 Å². The Hall–Kier alpha value is -0.610. The summed E-state index contributed by atoms with van der Waals surface area (Å²) in [5, 5.41) is 0. The maximum Gasteiger partial charge on any atom is 0.226 e. The number of rotatable bonds is 1. The highest BCUT2D eigenvalue weighted by atomic mass is 16.5. The highest BCUT2D eigenvalue weighted by Gasteiger charge is 2.35. The molecule has 1 heterocycles. The molecule has 1 amide bonds. The van der Waals surface area contributed by atoms with Gasteiger partial charge in [-0.2, -0.15) is 0 Å². The lowest BCUT2D eigenvalue weighted by Gasteiger charge is -2.39. The molecule has 17 heavy (non-hydrogen) atoms. The van der Waals surface area contributed by atoms with E-state index in [0.29, 0.717) is 25.0 Å². The highest BCUT2D eigenvalue weighted by molar-refractivity contribution is 5.79. The normalized spacial score (nSPS) is 39.1. The number of morpholine rings is 1. The molecule has 4 atom stereocenters. The summed E-state index contributed by atoms with van der Waals surface area (Å²) in [5.41, 5.74) is 5.95. The van der Waals surface area contributed by atoms with Crippen LogP contribution in [-0.2, 0) is 9.53 Å². The fourth-order valence-corrected chi connectivity index (χ4v) is 3.07. The van der Waals surface area contributed by atoms with Crippen LogP contribution in [0.3, 0.4) is 0 Å². The second-order valence-electron chi connectivity index (χ2n) is 5.61. The quantitative estimate of drug-likeness (QED) is 0.744. The van der Waals surface area contributed by atoms with Crippen molar-refractivity contribution in [3.63, 3.8) is 0 Å². The summed E-state index contributed by atoms with van der Waals surface area (Å²) in [4.78, 5) is 14.5. The van der Waals surface area contributed by atoms with Gasteiger partial charge < -0.3 is 15.4 Å². The van der Waals surface area contributed by atoms with Gasteiger partial charge in [-0.05, 0) is 32.1 Å². The lowest BCUT2D eigenvalue weighted by atomic mass is 9.77. The lowest BCUT2D eigenvalue weighted by Crippen LogP contribution is -2.51. The largest absolute Gasteiger partial charge is 0.377 e. The van der Waals surface area contributed by atoms with Gasteiger partial charge in [0.2, 0.25) is 5.91 Å². The molecular weight excluding hydrogens is 216 g/mol. The van der Waals surface area contributed by atoms with Crippen LogP contribution in [-0.4, -0.2) is 42.6 Å². The number of amides is 1. The van der Waals surface area contributed by atoms with Gasteiger partial charge in [0.15, 0.2) is 0 Å². The van der Waals surface area contributed by atoms with Crippen LogP contribution in [0, 0.1) is 11.8 Å². The van der Waals surface area contributed by atoms with Crippen molar-refractivity contribution in [1.82, 2.24) is 4.90 Å². The van der Waals surface area contributed by atoms with Crippen LogP contribution < -0.4 is 5.73 Å². The topological polar surface area (TPSA) is 55.6 Å². The smallest absolute Gasteiger partial charge is 0.226 e. The van der Waals surface area contributed by atoms with Crippen LogP contribution in [0.15, 0.2) is 0 Å². The minimum atomic E-state index is 0.176. The van der Waals surface area contributed by atoms with Gasteiger partial charge in [-0.1, -0.05) is 6.92 Å². The minimum absolute atomic E-state index is 0.176. The zero-order valence-electron chi connectivity index (χ0n) is 10.9. The monoisotopic (exact) mass is 240 g/mol. The van der Waals surface area contributed by atoms with Gasteiger partial charge in [0, 0.05) is 18.5 Å². The molecule has 1 saturated heterocycles. The molecule has 4 unspecified atom stereocenters. The van der Waals surface area contributed by atoms with E-state index in [2.05, 4.69) is 13.8 Å². The Kier molecular flexibility index (Phi) is 4.05. The summed E-state index contributed by atoms with van der Waals surface area (Å²) in [6.07, 6.45) is 2.92. The van der Waals surface area contributed by atoms with E-state index < -0.39 is 0 Å². The van der Waals surface area contributed by atoms with Crippen molar-refractivity contribution in [2.24, 2.45) is 17.6 Å². The summed E-state index contributed by atoms with van der Waals surface area (Å²) in [6, 6.07) is 0.509. The van der Waals surface area contributed by atoms with Gasteiger partial charge >= 0.3 is 0 Å². The van der Waals surface area contributed by atoms with E-state index in [1.165, 1.54) is 0 Å². The Labute approximate surface area is 103 Å². The van der Waals surface area contributed by atoms with E-state index in [4.69, 9.17) is 10.5 Å². The molecule has 0 aromatic heterocycles. The number of ether oxygens (including phenoxy) is 1. The predicted molar refractivity (Wildman–Crippen MR) is 66.5 cm³/mol. The Morgan fingerprint density at radius 1 is 1.35 bits per heavy atom. The summed E-state index contributed by atoms with van der Waals surface area (Å²) >= 11 is 0. The van der Waals surface area contributed by atoms with Crippen molar-refractivity contribution in [1.29, 1.82) is 0 Å². The Bertz CT molecular complexity index is 283. The average molecular weight is 240 g/mol. The molecule has 4 heteroatoms. The molecule has 98 valence electrons. The fraction of sp³-hybridized carbons (Fsp3) is 0.923. The predicted octanol–water partition coefficient (Wildman–Crippen LogP) is 0.997. The molecule has 2 N–H and O–H groups in total. The molecular formula is C13H24N2O2. The van der Waals surface area contributed by atoms with Gasteiger partial charge in [-0.15, -0.1) is 0 Å². The summed E-state index contributed by atoms with van der Waals surface area (Å²) in [6.45, 7) is 6.32. The third-order valence-corrected chi connectivity index (χ3v) is 4.18. The van der Waals surface area contributed by atoms with Crippen molar-refractivity contribution < 1.29 is 9.53 Å². The van der Waals surface area contributed by atoms with Crippen molar-refractivity contribution >= 4 is 5.91 Å². The first-order valence-electron chi connectivity index (χ1n) is 6.73. The Morgan fingerprint density at radius 2 is 2.12 bits per heavy atom. The van der Waals surface area contributed by atoms with Crippen LogP contribution >= 0.6 is 0 Å². The Balaban J connectivity index is 1.98. The van der Waals surface area contributed by atoms with E-state index >= 15 is 0 Å². The highest BCUT2D eigenvalue weighted by Crippen LogP contribution is 2.31. The van der Waals surface area contributed by atoms with Gasteiger partial charge in [0.1, 0.15) is 0 Å². The van der Waals surface area contributed by atoms with E-state index in [1.807, 2.05) is 4.90 Å². The second kappa shape index (κ2) is 5.36. The van der Waals surface area contributed by atoms with Crippen molar-refractivity contribution in [2.45, 2.75) is 45.2 Å². The first-order valence-corrected chi connectivity index (χ1v) is 6.73. The SMILES string of the molecule is CC1CC(N)CCC1C(=O)N1CCOCC1C. The number of nitrogens with two attached hydrogens (primary N) is 1. The van der Waals surface area contributed by atoms with Crippen LogP contribution in [0.25, 0.3) is 0 Å². The first-order chi connectivity index (χ1) is 8.09. The molecule has 0 aromatic rings. The second-order valence-corrected chi connectivity index (χ2v) is 5.61. The van der Waals surface area contributed by atoms with Crippen LogP contribution in [0.4, 0.5) is 0 Å². The molecule has 2 aliphatic rings. The number of hydrogen-bond donors (Lipinski definition) is 1. The number of hydrogen-bond acceptors (Lipinski definition) is 3. The van der Waals surface area contributed by atoms with Crippen LogP contribution in [0.2, 0.25) is 0 Å². The number of nitrogens with zero attached hydrogens (tertiary/aromatic N) is 1. The molecule has 1 aliphatic carbocycles. The van der Waals surface area contributed by atoms with Gasteiger partial charge in [0.05, 0.1) is 19.3 Å². The van der Waals surface area contributed by atoms with Gasteiger partial charge in [-0.3, -0.25) is 4.79 Å². The molecule has 0 spiro atoms. The lowest BCUT2D eigenvalue weighted by molar-refractivity contribution is -0.146. The van der Waals surface area contributed by atoms with E-state index in [-0.39, 0.29) is 18.0 Å². The minimum Gasteiger partial charge on any atom is -0.377 e. The van der Waals surface area contributed by atoms with Crippen molar-refractivity contribution in [3.05, 3.63) is 0 Å². The molecule has 0 aromatic carbocycles. The Morgan fingerprint density at radius 3 is 2.76 bits per heavy atom. The zero-order chi connectivity index (χ0) is 12.4.